The molecule has 0 fully saturated rings. The van der Waals surface area contributed by atoms with E-state index in [1.54, 1.807) is 30.3 Å². The molecule has 0 saturated carbocycles. The summed E-state index contributed by atoms with van der Waals surface area (Å²) in [7, 11) is 0. The van der Waals surface area contributed by atoms with Crippen molar-refractivity contribution in [3.05, 3.63) is 87.6 Å². The van der Waals surface area contributed by atoms with Gasteiger partial charge < -0.3 is 9.51 Å². The zero-order valence-corrected chi connectivity index (χ0v) is 18.0. The SMILES string of the molecule is Fc1c(Cl)cccc1-c1nc2cc[n+](Cc3cc(-c4ccc(Cl)cc4Cl)no3)cc2[nH]1. The minimum Gasteiger partial charge on any atom is -0.354 e. The fourth-order valence-electron chi connectivity index (χ4n) is 3.31. The van der Waals surface area contributed by atoms with Crippen molar-refractivity contribution in [3.8, 4) is 22.6 Å². The zero-order valence-electron chi connectivity index (χ0n) is 15.7. The lowest BCUT2D eigenvalue weighted by atomic mass is 10.1. The number of aromatic amines is 1. The Balaban J connectivity index is 1.43. The molecular weight excluding hydrogens is 462 g/mol. The van der Waals surface area contributed by atoms with Gasteiger partial charge in [-0.25, -0.2) is 9.37 Å². The topological polar surface area (TPSA) is 58.6 Å². The lowest BCUT2D eigenvalue weighted by Gasteiger charge is -2.00. The third kappa shape index (κ3) is 3.90. The Bertz CT molecular complexity index is 1430. The zero-order chi connectivity index (χ0) is 21.5. The fourth-order valence-corrected chi connectivity index (χ4v) is 3.98. The van der Waals surface area contributed by atoms with Crippen LogP contribution in [0.5, 0.6) is 0 Å². The minimum absolute atomic E-state index is 0.0509. The van der Waals surface area contributed by atoms with Crippen LogP contribution in [-0.4, -0.2) is 15.1 Å². The summed E-state index contributed by atoms with van der Waals surface area (Å²) in [5.41, 5.74) is 3.13. The normalized spacial score (nSPS) is 11.4. The molecule has 5 rings (SSSR count). The quantitative estimate of drug-likeness (QED) is 0.310. The molecule has 0 bridgehead atoms. The van der Waals surface area contributed by atoms with Crippen LogP contribution in [0.2, 0.25) is 15.1 Å². The number of halogens is 4. The van der Waals surface area contributed by atoms with Crippen molar-refractivity contribution in [1.29, 1.82) is 0 Å². The average Bonchev–Trinajstić information content (AvgIpc) is 3.37. The average molecular weight is 475 g/mol. The molecule has 0 unspecified atom stereocenters. The number of hydrogen-bond donors (Lipinski definition) is 1. The van der Waals surface area contributed by atoms with Crippen molar-refractivity contribution in [2.75, 3.05) is 0 Å². The molecule has 0 aliphatic carbocycles. The first-order valence-corrected chi connectivity index (χ1v) is 10.4. The Hall–Kier alpha value is -2.93. The van der Waals surface area contributed by atoms with Crippen molar-refractivity contribution in [3.63, 3.8) is 0 Å². The van der Waals surface area contributed by atoms with Gasteiger partial charge in [0.15, 0.2) is 18.2 Å². The summed E-state index contributed by atoms with van der Waals surface area (Å²) in [5, 5.41) is 5.21. The number of fused-ring (bicyclic) bond motifs is 1. The van der Waals surface area contributed by atoms with Crippen LogP contribution in [0.25, 0.3) is 33.7 Å². The summed E-state index contributed by atoms with van der Waals surface area (Å²) in [6, 6.07) is 13.7. The van der Waals surface area contributed by atoms with Gasteiger partial charge in [-0.3, -0.25) is 0 Å². The third-order valence-electron chi connectivity index (χ3n) is 4.79. The molecule has 5 aromatic rings. The number of rotatable bonds is 4. The number of benzene rings is 2. The number of imidazole rings is 1. The first-order chi connectivity index (χ1) is 15.0. The Morgan fingerprint density at radius 2 is 1.87 bits per heavy atom. The van der Waals surface area contributed by atoms with Gasteiger partial charge in [-0.1, -0.05) is 46.0 Å². The van der Waals surface area contributed by atoms with Gasteiger partial charge in [0.25, 0.3) is 0 Å². The van der Waals surface area contributed by atoms with E-state index in [-0.39, 0.29) is 5.02 Å². The maximum absolute atomic E-state index is 14.3. The second kappa shape index (κ2) is 7.96. The van der Waals surface area contributed by atoms with Crippen LogP contribution >= 0.6 is 34.8 Å². The molecule has 0 aliphatic heterocycles. The number of nitrogens with zero attached hydrogens (tertiary/aromatic N) is 3. The van der Waals surface area contributed by atoms with E-state index in [0.717, 1.165) is 11.1 Å². The van der Waals surface area contributed by atoms with Crippen molar-refractivity contribution in [1.82, 2.24) is 15.1 Å². The van der Waals surface area contributed by atoms with E-state index in [0.29, 0.717) is 44.9 Å². The smallest absolute Gasteiger partial charge is 0.208 e. The van der Waals surface area contributed by atoms with Gasteiger partial charge >= 0.3 is 0 Å². The van der Waals surface area contributed by atoms with Crippen molar-refractivity contribution < 1.29 is 13.5 Å². The highest BCUT2D eigenvalue weighted by Crippen LogP contribution is 2.30. The van der Waals surface area contributed by atoms with Crippen LogP contribution in [0.1, 0.15) is 5.76 Å². The number of H-pyrrole nitrogens is 1. The van der Waals surface area contributed by atoms with Crippen LogP contribution in [0.4, 0.5) is 4.39 Å². The molecular formula is C22H13Cl3FN4O+. The molecule has 31 heavy (non-hydrogen) atoms. The van der Waals surface area contributed by atoms with E-state index in [9.17, 15) is 4.39 Å². The summed E-state index contributed by atoms with van der Waals surface area (Å²) in [4.78, 5) is 7.61. The Morgan fingerprint density at radius 3 is 2.71 bits per heavy atom. The van der Waals surface area contributed by atoms with Gasteiger partial charge in [-0.05, 0) is 30.3 Å². The van der Waals surface area contributed by atoms with Crippen molar-refractivity contribution in [2.45, 2.75) is 6.54 Å². The van der Waals surface area contributed by atoms with E-state index in [4.69, 9.17) is 39.3 Å². The van der Waals surface area contributed by atoms with E-state index in [1.165, 1.54) is 6.07 Å². The van der Waals surface area contributed by atoms with E-state index in [1.807, 2.05) is 29.1 Å². The molecule has 3 heterocycles. The van der Waals surface area contributed by atoms with Crippen LogP contribution in [0.3, 0.4) is 0 Å². The lowest BCUT2D eigenvalue weighted by molar-refractivity contribution is -0.688. The molecule has 3 aromatic heterocycles. The molecule has 0 atom stereocenters. The Morgan fingerprint density at radius 1 is 1.00 bits per heavy atom. The van der Waals surface area contributed by atoms with E-state index < -0.39 is 5.82 Å². The Labute approximate surface area is 191 Å². The van der Waals surface area contributed by atoms with Gasteiger partial charge in [0.05, 0.1) is 15.6 Å². The lowest BCUT2D eigenvalue weighted by Crippen LogP contribution is -2.32. The second-order valence-electron chi connectivity index (χ2n) is 6.91. The summed E-state index contributed by atoms with van der Waals surface area (Å²) >= 11 is 18.1. The highest BCUT2D eigenvalue weighted by molar-refractivity contribution is 6.36. The molecule has 0 radical (unpaired) electrons. The van der Waals surface area contributed by atoms with Crippen LogP contribution in [0, 0.1) is 5.82 Å². The minimum atomic E-state index is -0.508. The molecule has 1 N–H and O–H groups in total. The summed E-state index contributed by atoms with van der Waals surface area (Å²) in [5.74, 6) is 0.546. The Kier molecular flexibility index (Phi) is 5.14. The molecule has 0 spiro atoms. The monoisotopic (exact) mass is 473 g/mol. The largest absolute Gasteiger partial charge is 0.354 e. The number of hydrogen-bond acceptors (Lipinski definition) is 3. The van der Waals surface area contributed by atoms with Crippen LogP contribution in [-0.2, 0) is 6.54 Å². The molecule has 9 heteroatoms. The number of pyridine rings is 1. The molecule has 0 amide bonds. The van der Waals surface area contributed by atoms with Crippen molar-refractivity contribution >= 4 is 45.8 Å². The summed E-state index contributed by atoms with van der Waals surface area (Å²) < 4.78 is 21.7. The molecule has 5 nitrogen and oxygen atoms in total. The highest BCUT2D eigenvalue weighted by Gasteiger charge is 2.17. The maximum atomic E-state index is 14.3. The van der Waals surface area contributed by atoms with Crippen LogP contribution < -0.4 is 4.57 Å². The molecule has 154 valence electrons. The van der Waals surface area contributed by atoms with Gasteiger partial charge in [0.2, 0.25) is 12.3 Å². The maximum Gasteiger partial charge on any atom is 0.208 e. The molecule has 0 aliphatic rings. The van der Waals surface area contributed by atoms with Gasteiger partial charge in [-0.15, -0.1) is 0 Å². The van der Waals surface area contributed by atoms with Gasteiger partial charge in [0, 0.05) is 22.7 Å². The molecule has 2 aromatic carbocycles. The predicted molar refractivity (Wildman–Crippen MR) is 118 cm³/mol. The fraction of sp³-hybridized carbons (Fsp3) is 0.0455. The van der Waals surface area contributed by atoms with Crippen LogP contribution in [0.15, 0.2) is 65.4 Å². The highest BCUT2D eigenvalue weighted by atomic mass is 35.5. The number of nitrogens with one attached hydrogen (secondary N) is 1. The van der Waals surface area contributed by atoms with Gasteiger partial charge in [0.1, 0.15) is 22.6 Å². The van der Waals surface area contributed by atoms with Crippen molar-refractivity contribution in [2.24, 2.45) is 0 Å². The second-order valence-corrected chi connectivity index (χ2v) is 8.16. The molecule has 0 saturated heterocycles. The number of aromatic nitrogens is 4. The standard InChI is InChI=1S/C22H12Cl3FN4O/c23-12-4-5-14(17(25)8-12)19-9-13(31-29-19)10-30-7-6-18-20(11-30)28-22(27-18)15-2-1-3-16(24)21(15)26/h1-9,11H,10H2/p+1. The third-order valence-corrected chi connectivity index (χ3v) is 5.63. The first-order valence-electron chi connectivity index (χ1n) is 9.22. The first kappa shape index (κ1) is 20.0. The van der Waals surface area contributed by atoms with E-state index >= 15 is 0 Å². The summed E-state index contributed by atoms with van der Waals surface area (Å²) in [6.45, 7) is 0.439. The predicted octanol–water partition coefficient (Wildman–Crippen LogP) is 6.32. The summed E-state index contributed by atoms with van der Waals surface area (Å²) in [6.07, 6.45) is 3.73. The van der Waals surface area contributed by atoms with E-state index in [2.05, 4.69) is 15.1 Å². The van der Waals surface area contributed by atoms with Gasteiger partial charge in [-0.2, -0.15) is 4.57 Å².